The van der Waals surface area contributed by atoms with E-state index in [0.29, 0.717) is 22.1 Å². The molecule has 4 heteroatoms. The molecule has 1 aromatic rings. The van der Waals surface area contributed by atoms with E-state index in [4.69, 9.17) is 23.2 Å². The summed E-state index contributed by atoms with van der Waals surface area (Å²) < 4.78 is 0. The Bertz CT molecular complexity index is 289. The quantitative estimate of drug-likeness (QED) is 0.737. The fourth-order valence-corrected chi connectivity index (χ4v) is 1.59. The lowest BCUT2D eigenvalue weighted by Crippen LogP contribution is -1.97. The Kier molecular flexibility index (Phi) is 2.95. The molecule has 1 amide bonds. The number of nitrogens with one attached hydrogen (secondary N) is 1. The van der Waals surface area contributed by atoms with Gasteiger partial charge < -0.3 is 5.32 Å². The van der Waals surface area contributed by atoms with E-state index in [1.165, 1.54) is 0 Å². The fraction of sp³-hybridized carbons (Fsp3) is 0.125. The number of amides is 1. The van der Waals surface area contributed by atoms with Gasteiger partial charge in [0, 0.05) is 5.02 Å². The third-order valence-electron chi connectivity index (χ3n) is 1.46. The van der Waals surface area contributed by atoms with Crippen LogP contribution in [-0.4, -0.2) is 6.41 Å². The first-order valence-electron chi connectivity index (χ1n) is 3.31. The van der Waals surface area contributed by atoms with Gasteiger partial charge in [-0.1, -0.05) is 23.2 Å². The van der Waals surface area contributed by atoms with Crippen LogP contribution in [0.25, 0.3) is 0 Å². The van der Waals surface area contributed by atoms with Crippen LogP contribution in [0.3, 0.4) is 0 Å². The van der Waals surface area contributed by atoms with Crippen LogP contribution in [0.15, 0.2) is 12.1 Å². The molecule has 0 unspecified atom stereocenters. The number of rotatable bonds is 2. The number of carbonyl (C=O) groups excluding carboxylic acids is 1. The molecule has 0 bridgehead atoms. The molecule has 2 nitrogen and oxygen atoms in total. The maximum atomic E-state index is 10.2. The molecule has 0 heterocycles. The number of aryl methyl sites for hydroxylation is 1. The molecule has 0 saturated carbocycles. The van der Waals surface area contributed by atoms with Crippen molar-refractivity contribution in [3.05, 3.63) is 27.7 Å². The second kappa shape index (κ2) is 3.78. The zero-order valence-corrected chi connectivity index (χ0v) is 7.91. The van der Waals surface area contributed by atoms with Gasteiger partial charge in [0.05, 0.1) is 10.7 Å². The Morgan fingerprint density at radius 1 is 1.42 bits per heavy atom. The van der Waals surface area contributed by atoms with Crippen LogP contribution in [0.4, 0.5) is 5.69 Å². The minimum Gasteiger partial charge on any atom is -0.327 e. The van der Waals surface area contributed by atoms with Crippen molar-refractivity contribution in [1.82, 2.24) is 0 Å². The molecule has 0 atom stereocenters. The van der Waals surface area contributed by atoms with Crippen molar-refractivity contribution in [1.29, 1.82) is 0 Å². The van der Waals surface area contributed by atoms with Gasteiger partial charge in [0.1, 0.15) is 0 Å². The molecular formula is C8H7Cl2NO. The molecule has 0 fully saturated rings. The molecule has 0 aliphatic rings. The van der Waals surface area contributed by atoms with Gasteiger partial charge in [-0.15, -0.1) is 0 Å². The summed E-state index contributed by atoms with van der Waals surface area (Å²) in [5.41, 5.74) is 1.45. The highest BCUT2D eigenvalue weighted by Crippen LogP contribution is 2.28. The summed E-state index contributed by atoms with van der Waals surface area (Å²) in [5.74, 6) is 0. The first-order valence-corrected chi connectivity index (χ1v) is 4.06. The summed E-state index contributed by atoms with van der Waals surface area (Å²) in [4.78, 5) is 10.2. The number of halogens is 2. The highest BCUT2D eigenvalue weighted by atomic mass is 35.5. The van der Waals surface area contributed by atoms with Crippen molar-refractivity contribution in [2.45, 2.75) is 6.92 Å². The average Bonchev–Trinajstić information content (AvgIpc) is 1.96. The van der Waals surface area contributed by atoms with E-state index in [1.54, 1.807) is 12.1 Å². The SMILES string of the molecule is Cc1cc(Cl)cc(Cl)c1NC=O. The highest BCUT2D eigenvalue weighted by molar-refractivity contribution is 6.36. The van der Waals surface area contributed by atoms with E-state index in [1.807, 2.05) is 6.92 Å². The number of anilines is 1. The molecule has 64 valence electrons. The Labute approximate surface area is 80.5 Å². The molecule has 1 N–H and O–H groups in total. The summed E-state index contributed by atoms with van der Waals surface area (Å²) in [5, 5.41) is 3.52. The van der Waals surface area contributed by atoms with E-state index >= 15 is 0 Å². The van der Waals surface area contributed by atoms with Gasteiger partial charge in [-0.3, -0.25) is 4.79 Å². The van der Waals surface area contributed by atoms with Crippen LogP contribution >= 0.6 is 23.2 Å². The summed E-state index contributed by atoms with van der Waals surface area (Å²) in [6, 6.07) is 3.32. The topological polar surface area (TPSA) is 29.1 Å². The fourth-order valence-electron chi connectivity index (χ4n) is 0.944. The van der Waals surface area contributed by atoms with Gasteiger partial charge in [0.2, 0.25) is 6.41 Å². The molecule has 0 saturated heterocycles. The molecule has 0 aliphatic carbocycles. The van der Waals surface area contributed by atoms with Crippen molar-refractivity contribution < 1.29 is 4.79 Å². The lowest BCUT2D eigenvalue weighted by atomic mass is 10.2. The zero-order chi connectivity index (χ0) is 9.14. The average molecular weight is 204 g/mol. The summed E-state index contributed by atoms with van der Waals surface area (Å²) >= 11 is 11.5. The van der Waals surface area contributed by atoms with Crippen molar-refractivity contribution in [3.8, 4) is 0 Å². The number of benzene rings is 1. The highest BCUT2D eigenvalue weighted by Gasteiger charge is 2.03. The largest absolute Gasteiger partial charge is 0.327 e. The van der Waals surface area contributed by atoms with Crippen molar-refractivity contribution >= 4 is 35.3 Å². The lowest BCUT2D eigenvalue weighted by Gasteiger charge is -2.06. The van der Waals surface area contributed by atoms with Crippen LogP contribution in [0, 0.1) is 6.92 Å². The number of hydrogen-bond donors (Lipinski definition) is 1. The molecule has 1 aromatic carbocycles. The van der Waals surface area contributed by atoms with Gasteiger partial charge in [-0.25, -0.2) is 0 Å². The maximum absolute atomic E-state index is 10.2. The molecule has 1 rings (SSSR count). The monoisotopic (exact) mass is 203 g/mol. The Hall–Kier alpha value is -0.730. The van der Waals surface area contributed by atoms with Gasteiger partial charge in [-0.05, 0) is 24.6 Å². The zero-order valence-electron chi connectivity index (χ0n) is 6.40. The van der Waals surface area contributed by atoms with E-state index in [9.17, 15) is 4.79 Å². The van der Waals surface area contributed by atoms with Crippen molar-refractivity contribution in [2.24, 2.45) is 0 Å². The van der Waals surface area contributed by atoms with E-state index in [0.717, 1.165) is 5.56 Å². The van der Waals surface area contributed by atoms with Crippen molar-refractivity contribution in [2.75, 3.05) is 5.32 Å². The lowest BCUT2D eigenvalue weighted by molar-refractivity contribution is -0.105. The summed E-state index contributed by atoms with van der Waals surface area (Å²) in [6.45, 7) is 1.82. The van der Waals surface area contributed by atoms with Crippen LogP contribution < -0.4 is 5.32 Å². The van der Waals surface area contributed by atoms with Crippen LogP contribution in [0.1, 0.15) is 5.56 Å². The van der Waals surface area contributed by atoms with Gasteiger partial charge in [0.25, 0.3) is 0 Å². The number of carbonyl (C=O) groups is 1. The molecular weight excluding hydrogens is 197 g/mol. The van der Waals surface area contributed by atoms with E-state index < -0.39 is 0 Å². The van der Waals surface area contributed by atoms with Crippen LogP contribution in [0.5, 0.6) is 0 Å². The smallest absolute Gasteiger partial charge is 0.211 e. The second-order valence-corrected chi connectivity index (χ2v) is 3.19. The molecule has 0 aliphatic heterocycles. The Balaban J connectivity index is 3.18. The third kappa shape index (κ3) is 1.90. The summed E-state index contributed by atoms with van der Waals surface area (Å²) in [6.07, 6.45) is 0.585. The predicted octanol–water partition coefficient (Wildman–Crippen LogP) is 2.87. The molecule has 0 aromatic heterocycles. The molecule has 0 spiro atoms. The first kappa shape index (κ1) is 9.36. The first-order chi connectivity index (χ1) is 5.65. The molecule has 0 radical (unpaired) electrons. The second-order valence-electron chi connectivity index (χ2n) is 2.34. The van der Waals surface area contributed by atoms with Crippen LogP contribution in [0.2, 0.25) is 10.0 Å². The van der Waals surface area contributed by atoms with E-state index in [-0.39, 0.29) is 0 Å². The standard InChI is InChI=1S/C8H7Cl2NO/c1-5-2-6(9)3-7(10)8(5)11-4-12/h2-4H,1H3,(H,11,12). The normalized spacial score (nSPS) is 9.58. The van der Waals surface area contributed by atoms with Gasteiger partial charge >= 0.3 is 0 Å². The minimum atomic E-state index is 0.451. The van der Waals surface area contributed by atoms with Gasteiger partial charge in [0.15, 0.2) is 0 Å². The van der Waals surface area contributed by atoms with Crippen molar-refractivity contribution in [3.63, 3.8) is 0 Å². The third-order valence-corrected chi connectivity index (χ3v) is 1.97. The van der Waals surface area contributed by atoms with Gasteiger partial charge in [-0.2, -0.15) is 0 Å². The van der Waals surface area contributed by atoms with Crippen LogP contribution in [-0.2, 0) is 4.79 Å². The van der Waals surface area contributed by atoms with E-state index in [2.05, 4.69) is 5.32 Å². The minimum absolute atomic E-state index is 0.451. The molecule has 12 heavy (non-hydrogen) atoms. The number of hydrogen-bond acceptors (Lipinski definition) is 1. The maximum Gasteiger partial charge on any atom is 0.211 e. The predicted molar refractivity (Wildman–Crippen MR) is 50.9 cm³/mol. The summed E-state index contributed by atoms with van der Waals surface area (Å²) in [7, 11) is 0. The Morgan fingerprint density at radius 2 is 2.08 bits per heavy atom. The Morgan fingerprint density at radius 3 is 2.58 bits per heavy atom.